The average molecular weight is 792 g/mol. The van der Waals surface area contributed by atoms with Crippen LogP contribution in [0.2, 0.25) is 0 Å². The molecule has 3 aromatic heterocycles. The van der Waals surface area contributed by atoms with Crippen LogP contribution in [0.4, 0.5) is 0 Å². The van der Waals surface area contributed by atoms with Crippen molar-refractivity contribution < 1.29 is 0 Å². The van der Waals surface area contributed by atoms with Gasteiger partial charge in [-0.25, -0.2) is 15.0 Å². The molecule has 0 aliphatic carbocycles. The van der Waals surface area contributed by atoms with Gasteiger partial charge in [-0.2, -0.15) is 0 Å². The molecular weight excluding hydrogens is 755 g/mol. The minimum Gasteiger partial charge on any atom is -0.309 e. The lowest BCUT2D eigenvalue weighted by Gasteiger charge is -2.12. The molecule has 5 heteroatoms. The highest BCUT2D eigenvalue weighted by atomic mass is 15.0. The SMILES string of the molecule is c1ccc(-c2cccc(-c3ccc(-c4nc(-c5ccc(-n6c7ccccc7c7ccccc76)cc5)nc(-c5cccc(-n6c7ccccc7c7ccccc76)c5)n4)cc3)c2)cc1. The second-order valence-electron chi connectivity index (χ2n) is 15.7. The van der Waals surface area contributed by atoms with E-state index in [0.717, 1.165) is 50.2 Å². The summed E-state index contributed by atoms with van der Waals surface area (Å²) < 4.78 is 4.66. The van der Waals surface area contributed by atoms with E-state index in [1.165, 1.54) is 43.7 Å². The summed E-state index contributed by atoms with van der Waals surface area (Å²) in [6, 6.07) is 79.2. The Bertz CT molecular complexity index is 3510. The third kappa shape index (κ3) is 6.06. The summed E-state index contributed by atoms with van der Waals surface area (Å²) >= 11 is 0. The predicted octanol–water partition coefficient (Wildman–Crippen LogP) is 14.4. The molecule has 9 aromatic carbocycles. The lowest BCUT2D eigenvalue weighted by Crippen LogP contribution is -2.01. The van der Waals surface area contributed by atoms with Gasteiger partial charge in [0.15, 0.2) is 17.5 Å². The molecule has 0 aliphatic heterocycles. The van der Waals surface area contributed by atoms with Crippen molar-refractivity contribution in [1.82, 2.24) is 24.1 Å². The second-order valence-corrected chi connectivity index (χ2v) is 15.7. The summed E-state index contributed by atoms with van der Waals surface area (Å²) in [5.74, 6) is 1.84. The van der Waals surface area contributed by atoms with Crippen LogP contribution >= 0.6 is 0 Å². The van der Waals surface area contributed by atoms with Crippen LogP contribution in [0, 0.1) is 0 Å². The number of fused-ring (bicyclic) bond motifs is 6. The van der Waals surface area contributed by atoms with E-state index in [9.17, 15) is 0 Å². The Kier molecular flexibility index (Phi) is 8.42. The molecule has 290 valence electrons. The molecule has 0 amide bonds. The molecule has 0 fully saturated rings. The van der Waals surface area contributed by atoms with Crippen LogP contribution in [-0.4, -0.2) is 24.1 Å². The number of para-hydroxylation sites is 4. The summed E-state index contributed by atoms with van der Waals surface area (Å²) in [6.07, 6.45) is 0. The lowest BCUT2D eigenvalue weighted by molar-refractivity contribution is 1.07. The third-order valence-corrected chi connectivity index (χ3v) is 12.0. The van der Waals surface area contributed by atoms with Crippen LogP contribution < -0.4 is 0 Å². The van der Waals surface area contributed by atoms with Gasteiger partial charge in [-0.3, -0.25) is 0 Å². The van der Waals surface area contributed by atoms with Crippen molar-refractivity contribution in [2.45, 2.75) is 0 Å². The zero-order chi connectivity index (χ0) is 41.0. The first kappa shape index (κ1) is 35.5. The average Bonchev–Trinajstić information content (AvgIpc) is 3.87. The fourth-order valence-corrected chi connectivity index (χ4v) is 9.03. The molecule has 12 rings (SSSR count). The van der Waals surface area contributed by atoms with E-state index in [0.29, 0.717) is 17.5 Å². The maximum atomic E-state index is 5.20. The molecular formula is C57H37N5. The predicted molar refractivity (Wildman–Crippen MR) is 256 cm³/mol. The first-order valence-corrected chi connectivity index (χ1v) is 20.9. The molecule has 0 spiro atoms. The molecule has 5 nitrogen and oxygen atoms in total. The van der Waals surface area contributed by atoms with Gasteiger partial charge in [0.1, 0.15) is 0 Å². The van der Waals surface area contributed by atoms with Gasteiger partial charge in [-0.05, 0) is 89.0 Å². The second kappa shape index (κ2) is 14.7. The van der Waals surface area contributed by atoms with E-state index in [4.69, 9.17) is 15.0 Å². The number of aromatic nitrogens is 5. The van der Waals surface area contributed by atoms with Gasteiger partial charge < -0.3 is 9.13 Å². The van der Waals surface area contributed by atoms with Gasteiger partial charge in [0.05, 0.1) is 22.1 Å². The molecule has 0 atom stereocenters. The number of rotatable bonds is 7. The number of hydrogen-bond donors (Lipinski definition) is 0. The Morgan fingerprint density at radius 1 is 0.226 bits per heavy atom. The Hall–Kier alpha value is -8.41. The van der Waals surface area contributed by atoms with Gasteiger partial charge in [0.25, 0.3) is 0 Å². The van der Waals surface area contributed by atoms with E-state index < -0.39 is 0 Å². The minimum absolute atomic E-state index is 0.610. The molecule has 0 saturated heterocycles. The topological polar surface area (TPSA) is 48.5 Å². The van der Waals surface area contributed by atoms with Crippen molar-refractivity contribution in [3.05, 3.63) is 224 Å². The van der Waals surface area contributed by atoms with Gasteiger partial charge >= 0.3 is 0 Å². The fraction of sp³-hybridized carbons (Fsp3) is 0. The van der Waals surface area contributed by atoms with Gasteiger partial charge in [0, 0.05) is 49.6 Å². The molecule has 0 saturated carbocycles. The van der Waals surface area contributed by atoms with E-state index in [2.05, 4.69) is 234 Å². The maximum Gasteiger partial charge on any atom is 0.164 e. The standard InChI is InChI=1S/C57H37N5/c1-2-14-38(15-3-1)42-16-12-17-43(36-42)39-28-30-40(31-29-39)55-58-56(41-32-34-45(35-33-41)61-51-24-8-4-20-47(51)48-21-5-9-25-52(48)61)60-57(59-55)44-18-13-19-46(37-44)62-53-26-10-6-22-49(53)50-23-7-11-27-54(50)62/h1-37H. The number of benzene rings is 9. The normalized spacial score (nSPS) is 11.5. The highest BCUT2D eigenvalue weighted by molar-refractivity contribution is 6.10. The van der Waals surface area contributed by atoms with Crippen molar-refractivity contribution in [2.75, 3.05) is 0 Å². The zero-order valence-corrected chi connectivity index (χ0v) is 33.6. The highest BCUT2D eigenvalue weighted by Crippen LogP contribution is 2.36. The molecule has 0 bridgehead atoms. The molecule has 3 heterocycles. The van der Waals surface area contributed by atoms with E-state index in [1.54, 1.807) is 0 Å². The van der Waals surface area contributed by atoms with Crippen LogP contribution in [0.3, 0.4) is 0 Å². The van der Waals surface area contributed by atoms with E-state index in [-0.39, 0.29) is 0 Å². The first-order valence-electron chi connectivity index (χ1n) is 20.9. The van der Waals surface area contributed by atoms with Crippen LogP contribution in [0.15, 0.2) is 224 Å². The summed E-state index contributed by atoms with van der Waals surface area (Å²) in [7, 11) is 0. The smallest absolute Gasteiger partial charge is 0.164 e. The molecule has 0 radical (unpaired) electrons. The zero-order valence-electron chi connectivity index (χ0n) is 33.6. The largest absolute Gasteiger partial charge is 0.309 e. The van der Waals surface area contributed by atoms with Gasteiger partial charge in [-0.15, -0.1) is 0 Å². The number of nitrogens with zero attached hydrogens (tertiary/aromatic N) is 5. The Balaban J connectivity index is 0.976. The Morgan fingerprint density at radius 2 is 0.581 bits per heavy atom. The number of hydrogen-bond acceptors (Lipinski definition) is 3. The monoisotopic (exact) mass is 791 g/mol. The van der Waals surface area contributed by atoms with Gasteiger partial charge in [0.2, 0.25) is 0 Å². The summed E-state index contributed by atoms with van der Waals surface area (Å²) in [6.45, 7) is 0. The van der Waals surface area contributed by atoms with Gasteiger partial charge in [-0.1, -0.05) is 158 Å². The quantitative estimate of drug-likeness (QED) is 0.162. The van der Waals surface area contributed by atoms with Crippen molar-refractivity contribution in [3.8, 4) is 67.8 Å². The Morgan fingerprint density at radius 3 is 1.10 bits per heavy atom. The summed E-state index contributed by atoms with van der Waals surface area (Å²) in [5.41, 5.74) is 14.2. The highest BCUT2D eigenvalue weighted by Gasteiger charge is 2.17. The molecule has 0 N–H and O–H groups in total. The van der Waals surface area contributed by atoms with Crippen LogP contribution in [0.1, 0.15) is 0 Å². The van der Waals surface area contributed by atoms with Crippen molar-refractivity contribution in [2.24, 2.45) is 0 Å². The molecule has 62 heavy (non-hydrogen) atoms. The molecule has 0 unspecified atom stereocenters. The van der Waals surface area contributed by atoms with Crippen molar-refractivity contribution in [1.29, 1.82) is 0 Å². The summed E-state index contributed by atoms with van der Waals surface area (Å²) in [5, 5.41) is 4.91. The van der Waals surface area contributed by atoms with E-state index in [1.807, 2.05) is 0 Å². The maximum absolute atomic E-state index is 5.20. The summed E-state index contributed by atoms with van der Waals surface area (Å²) in [4.78, 5) is 15.6. The minimum atomic E-state index is 0.610. The molecule has 12 aromatic rings. The first-order chi connectivity index (χ1) is 30.7. The molecule has 0 aliphatic rings. The van der Waals surface area contributed by atoms with E-state index >= 15 is 0 Å². The van der Waals surface area contributed by atoms with Crippen molar-refractivity contribution >= 4 is 43.6 Å². The van der Waals surface area contributed by atoms with Crippen molar-refractivity contribution in [3.63, 3.8) is 0 Å². The fourth-order valence-electron chi connectivity index (χ4n) is 9.03. The third-order valence-electron chi connectivity index (χ3n) is 12.0. The lowest BCUT2D eigenvalue weighted by atomic mass is 9.98. The van der Waals surface area contributed by atoms with Crippen LogP contribution in [0.5, 0.6) is 0 Å². The van der Waals surface area contributed by atoms with Crippen LogP contribution in [-0.2, 0) is 0 Å². The Labute approximate surface area is 358 Å². The van der Waals surface area contributed by atoms with Crippen LogP contribution in [0.25, 0.3) is 111 Å².